The molecular weight excluding hydrogens is 549 g/mol. The highest BCUT2D eigenvalue weighted by molar-refractivity contribution is 6.31. The number of hydrogen-bond acceptors (Lipinski definition) is 5. The number of rotatable bonds is 12. The first-order chi connectivity index (χ1) is 19.3. The predicted molar refractivity (Wildman–Crippen MR) is 160 cm³/mol. The summed E-state index contributed by atoms with van der Waals surface area (Å²) < 4.78 is 22.6. The third-order valence-corrected chi connectivity index (χ3v) is 7.24. The van der Waals surface area contributed by atoms with E-state index in [1.807, 2.05) is 70.1 Å². The van der Waals surface area contributed by atoms with E-state index >= 15 is 0 Å². The lowest BCUT2D eigenvalue weighted by Gasteiger charge is -2.25. The third kappa shape index (κ3) is 7.77. The van der Waals surface area contributed by atoms with Crippen molar-refractivity contribution in [3.63, 3.8) is 0 Å². The van der Waals surface area contributed by atoms with Crippen molar-refractivity contribution in [2.45, 2.75) is 46.6 Å². The van der Waals surface area contributed by atoms with Gasteiger partial charge in [-0.25, -0.2) is 9.07 Å². The van der Waals surface area contributed by atoms with Gasteiger partial charge in [-0.05, 0) is 51.6 Å². The summed E-state index contributed by atoms with van der Waals surface area (Å²) in [6, 6.07) is 11.7. The van der Waals surface area contributed by atoms with Crippen LogP contribution in [0.5, 0.6) is 5.75 Å². The molecule has 2 aromatic carbocycles. The smallest absolute Gasteiger partial charge is 0.295 e. The molecule has 11 heteroatoms. The van der Waals surface area contributed by atoms with Crippen LogP contribution in [-0.2, 0) is 18.3 Å². The van der Waals surface area contributed by atoms with Gasteiger partial charge in [0.05, 0.1) is 28.6 Å². The van der Waals surface area contributed by atoms with Crippen molar-refractivity contribution in [3.05, 3.63) is 74.9 Å². The number of nitrogens with one attached hydrogen (secondary N) is 2. The number of para-hydroxylation sites is 1. The molecule has 3 rings (SSSR count). The number of hydrogen-bond donors (Lipinski definition) is 2. The Kier molecular flexibility index (Phi) is 10.4. The Labute approximate surface area is 245 Å². The molecule has 0 saturated heterocycles. The molecule has 1 aromatic heterocycles. The molecule has 0 fully saturated rings. The fraction of sp³-hybridized carbons (Fsp3) is 0.433. The second-order valence-corrected chi connectivity index (χ2v) is 11.5. The first kappa shape index (κ1) is 31.9. The lowest BCUT2D eigenvalue weighted by atomic mass is 9.88. The lowest BCUT2D eigenvalue weighted by Crippen LogP contribution is -2.37. The molecule has 0 saturated carbocycles. The number of benzene rings is 2. The second-order valence-electron chi connectivity index (χ2n) is 11.1. The van der Waals surface area contributed by atoms with Crippen molar-refractivity contribution in [1.82, 2.24) is 19.6 Å². The monoisotopic (exact) mass is 587 g/mol. The van der Waals surface area contributed by atoms with Gasteiger partial charge in [0.15, 0.2) is 0 Å². The van der Waals surface area contributed by atoms with E-state index in [0.29, 0.717) is 17.8 Å². The fourth-order valence-corrected chi connectivity index (χ4v) is 4.57. The molecule has 0 radical (unpaired) electrons. The topological polar surface area (TPSA) is 97.6 Å². The third-order valence-electron chi connectivity index (χ3n) is 6.95. The molecule has 0 aliphatic heterocycles. The van der Waals surface area contributed by atoms with E-state index < -0.39 is 17.1 Å². The Morgan fingerprint density at radius 3 is 2.44 bits per heavy atom. The average molecular weight is 588 g/mol. The number of aromatic nitrogens is 2. The number of nitrogens with zero attached hydrogens (tertiary/aromatic N) is 3. The summed E-state index contributed by atoms with van der Waals surface area (Å²) in [6.45, 7) is 7.81. The van der Waals surface area contributed by atoms with Crippen molar-refractivity contribution in [1.29, 1.82) is 0 Å². The quantitative estimate of drug-likeness (QED) is 0.322. The van der Waals surface area contributed by atoms with Crippen LogP contribution in [0.2, 0.25) is 5.02 Å². The Morgan fingerprint density at radius 1 is 1.17 bits per heavy atom. The summed E-state index contributed by atoms with van der Waals surface area (Å²) in [5, 5.41) is 5.47. The number of ether oxygens (including phenoxy) is 1. The van der Waals surface area contributed by atoms with Crippen molar-refractivity contribution in [2.24, 2.45) is 12.5 Å². The number of halogens is 2. The minimum absolute atomic E-state index is 0.0259. The van der Waals surface area contributed by atoms with E-state index in [1.54, 1.807) is 23.3 Å². The second kappa shape index (κ2) is 13.4. The molecule has 0 aliphatic rings. The van der Waals surface area contributed by atoms with Crippen LogP contribution in [0.3, 0.4) is 0 Å². The van der Waals surface area contributed by atoms with E-state index in [0.717, 1.165) is 6.07 Å². The maximum absolute atomic E-state index is 13.9. The number of carbonyl (C=O) groups is 2. The highest BCUT2D eigenvalue weighted by Gasteiger charge is 2.28. The number of carbonyl (C=O) groups excluding carboxylic acids is 2. The number of amides is 2. The van der Waals surface area contributed by atoms with E-state index in [2.05, 4.69) is 10.6 Å². The molecule has 3 aromatic rings. The Hall–Kier alpha value is -3.63. The molecule has 41 heavy (non-hydrogen) atoms. The number of likely N-dealkylation sites (N-methyl/N-ethyl adjacent to an activating group) is 1. The van der Waals surface area contributed by atoms with Crippen LogP contribution < -0.4 is 20.9 Å². The molecule has 0 unspecified atom stereocenters. The van der Waals surface area contributed by atoms with Gasteiger partial charge in [0.1, 0.15) is 17.3 Å². The SMILES string of the molecule is CCOc1cc(F)c(Cl)cc1C(=O)NCC(C)(C)CC(=O)Nc1c(C[C@H](C)N(C)C)n(C)n(-c2ccccc2)c1=O. The van der Waals surface area contributed by atoms with Crippen LogP contribution in [0.25, 0.3) is 5.69 Å². The van der Waals surface area contributed by atoms with Crippen LogP contribution in [0.15, 0.2) is 47.3 Å². The summed E-state index contributed by atoms with van der Waals surface area (Å²) in [7, 11) is 5.73. The maximum Gasteiger partial charge on any atom is 0.295 e. The van der Waals surface area contributed by atoms with Crippen LogP contribution >= 0.6 is 11.6 Å². The average Bonchev–Trinajstić information content (AvgIpc) is 3.13. The van der Waals surface area contributed by atoms with E-state index in [4.69, 9.17) is 16.3 Å². The van der Waals surface area contributed by atoms with E-state index in [1.165, 1.54) is 6.07 Å². The molecular formula is C30H39ClFN5O4. The van der Waals surface area contributed by atoms with Crippen molar-refractivity contribution < 1.29 is 18.7 Å². The highest BCUT2D eigenvalue weighted by Crippen LogP contribution is 2.27. The molecule has 0 bridgehead atoms. The van der Waals surface area contributed by atoms with Crippen molar-refractivity contribution in [3.8, 4) is 11.4 Å². The Morgan fingerprint density at radius 2 is 1.83 bits per heavy atom. The van der Waals surface area contributed by atoms with Gasteiger partial charge in [0, 0.05) is 38.5 Å². The summed E-state index contributed by atoms with van der Waals surface area (Å²) >= 11 is 5.90. The van der Waals surface area contributed by atoms with Gasteiger partial charge >= 0.3 is 0 Å². The Balaban J connectivity index is 1.80. The number of anilines is 1. The van der Waals surface area contributed by atoms with Gasteiger partial charge in [-0.1, -0.05) is 43.6 Å². The van der Waals surface area contributed by atoms with Gasteiger partial charge in [-0.2, -0.15) is 0 Å². The minimum Gasteiger partial charge on any atom is -0.493 e. The van der Waals surface area contributed by atoms with Crippen LogP contribution in [0.1, 0.15) is 50.2 Å². The molecule has 222 valence electrons. The fourth-order valence-electron chi connectivity index (χ4n) is 4.41. The normalized spacial score (nSPS) is 12.3. The van der Waals surface area contributed by atoms with E-state index in [-0.39, 0.29) is 59.1 Å². The largest absolute Gasteiger partial charge is 0.493 e. The van der Waals surface area contributed by atoms with Crippen LogP contribution in [0, 0.1) is 11.2 Å². The van der Waals surface area contributed by atoms with Crippen molar-refractivity contribution in [2.75, 3.05) is 32.6 Å². The van der Waals surface area contributed by atoms with Gasteiger partial charge in [-0.3, -0.25) is 19.1 Å². The molecule has 9 nitrogen and oxygen atoms in total. The maximum atomic E-state index is 13.9. The summed E-state index contributed by atoms with van der Waals surface area (Å²) in [5.74, 6) is -1.46. The first-order valence-corrected chi connectivity index (χ1v) is 13.9. The van der Waals surface area contributed by atoms with Gasteiger partial charge in [0.2, 0.25) is 5.91 Å². The first-order valence-electron chi connectivity index (χ1n) is 13.5. The molecule has 2 N–H and O–H groups in total. The van der Waals surface area contributed by atoms with Crippen molar-refractivity contribution >= 4 is 29.1 Å². The van der Waals surface area contributed by atoms with Gasteiger partial charge < -0.3 is 20.3 Å². The van der Waals surface area contributed by atoms with Crippen LogP contribution in [-0.4, -0.2) is 59.4 Å². The summed E-state index contributed by atoms with van der Waals surface area (Å²) in [5.41, 5.74) is 0.724. The standard InChI is InChI=1S/C30H39ClFN5O4/c1-8-41-25-16-23(32)22(31)15-21(25)28(39)33-18-30(3,4)17-26(38)34-27-24(14-19(2)35(5)6)36(7)37(29(27)40)20-12-10-9-11-13-20/h9-13,15-16,19H,8,14,17-18H2,1-7H3,(H,33,39)(H,34,38)/t19-/m0/s1. The zero-order valence-electron chi connectivity index (χ0n) is 24.7. The van der Waals surface area contributed by atoms with E-state index in [9.17, 15) is 18.8 Å². The Bertz CT molecular complexity index is 1450. The van der Waals surface area contributed by atoms with Gasteiger partial charge in [0.25, 0.3) is 11.5 Å². The zero-order valence-corrected chi connectivity index (χ0v) is 25.4. The predicted octanol–water partition coefficient (Wildman–Crippen LogP) is 4.64. The van der Waals surface area contributed by atoms with Crippen LogP contribution in [0.4, 0.5) is 10.1 Å². The summed E-state index contributed by atoms with van der Waals surface area (Å²) in [6.07, 6.45) is 0.564. The zero-order chi connectivity index (χ0) is 30.5. The summed E-state index contributed by atoms with van der Waals surface area (Å²) in [4.78, 5) is 41.8. The molecule has 2 amide bonds. The molecule has 1 atom stereocenters. The highest BCUT2D eigenvalue weighted by atomic mass is 35.5. The lowest BCUT2D eigenvalue weighted by molar-refractivity contribution is -0.118. The minimum atomic E-state index is -0.685. The molecule has 0 aliphatic carbocycles. The molecule has 1 heterocycles. The molecule has 0 spiro atoms. The van der Waals surface area contributed by atoms with Gasteiger partial charge in [-0.15, -0.1) is 0 Å².